The molecule has 82 valence electrons. The highest BCUT2D eigenvalue weighted by Gasteiger charge is 1.96. The summed E-state index contributed by atoms with van der Waals surface area (Å²) in [6.45, 7) is 6.27. The van der Waals surface area contributed by atoms with Crippen molar-refractivity contribution in [3.05, 3.63) is 60.2 Å². The Bertz CT molecular complexity index is 394. The summed E-state index contributed by atoms with van der Waals surface area (Å²) in [5, 5.41) is 0. The first kappa shape index (κ1) is 12.6. The van der Waals surface area contributed by atoms with Crippen molar-refractivity contribution in [3.8, 4) is 0 Å². The van der Waals surface area contributed by atoms with E-state index in [9.17, 15) is 0 Å². The molecule has 0 spiro atoms. The van der Waals surface area contributed by atoms with Gasteiger partial charge in [0.1, 0.15) is 0 Å². The van der Waals surface area contributed by atoms with Crippen molar-refractivity contribution in [2.75, 3.05) is 0 Å². The minimum atomic E-state index is 1.10. The fourth-order valence-corrected chi connectivity index (χ4v) is 1.56. The highest BCUT2D eigenvalue weighted by molar-refractivity contribution is 6.51. The molecule has 1 rings (SSSR count). The zero-order chi connectivity index (χ0) is 11.8. The number of hydrogen-bond donors (Lipinski definition) is 0. The van der Waals surface area contributed by atoms with E-state index in [0.29, 0.717) is 0 Å². The number of allylic oxidation sites excluding steroid dienone is 6. The van der Waals surface area contributed by atoms with Gasteiger partial charge in [-0.05, 0) is 25.0 Å². The summed E-state index contributed by atoms with van der Waals surface area (Å²) >= 11 is 0. The van der Waals surface area contributed by atoms with E-state index in [1.54, 1.807) is 0 Å². The third-order valence-corrected chi connectivity index (χ3v) is 2.59. The van der Waals surface area contributed by atoms with Crippen LogP contribution >= 0.6 is 0 Å². The van der Waals surface area contributed by atoms with Crippen LogP contribution in [-0.2, 0) is 0 Å². The number of hydrogen-bond acceptors (Lipinski definition) is 0. The Morgan fingerprint density at radius 2 is 1.75 bits per heavy atom. The van der Waals surface area contributed by atoms with Crippen LogP contribution in [0, 0.1) is 0 Å². The molecule has 0 aliphatic carbocycles. The lowest BCUT2D eigenvalue weighted by Gasteiger charge is -2.03. The maximum absolute atomic E-state index is 2.20. The monoisotopic (exact) mass is 210 g/mol. The summed E-state index contributed by atoms with van der Waals surface area (Å²) in [4.78, 5) is 0. The van der Waals surface area contributed by atoms with Crippen molar-refractivity contribution in [1.82, 2.24) is 0 Å². The zero-order valence-electron chi connectivity index (χ0n) is 10.4. The van der Waals surface area contributed by atoms with Crippen molar-refractivity contribution in [3.63, 3.8) is 0 Å². The van der Waals surface area contributed by atoms with Crippen molar-refractivity contribution in [2.45, 2.75) is 20.7 Å². The zero-order valence-corrected chi connectivity index (χ0v) is 10.4. The molecule has 0 aromatic heterocycles. The summed E-state index contributed by atoms with van der Waals surface area (Å²) in [5.74, 6) is 0. The normalized spacial score (nSPS) is 12.6. The van der Waals surface area contributed by atoms with Crippen LogP contribution in [0.3, 0.4) is 0 Å². The SMILES string of the molecule is CBc1ccc(C(/C=C\C=C/C)=C/C)cc1. The summed E-state index contributed by atoms with van der Waals surface area (Å²) in [7, 11) is 1.10. The van der Waals surface area contributed by atoms with Crippen LogP contribution in [0.1, 0.15) is 19.4 Å². The van der Waals surface area contributed by atoms with Crippen LogP contribution in [0.25, 0.3) is 5.57 Å². The molecule has 0 N–H and O–H groups in total. The molecule has 0 nitrogen and oxygen atoms in total. The average molecular weight is 210 g/mol. The fraction of sp³-hybridized carbons (Fsp3) is 0.200. The predicted molar refractivity (Wildman–Crippen MR) is 76.7 cm³/mol. The minimum Gasteiger partial charge on any atom is -0.0877 e. The van der Waals surface area contributed by atoms with E-state index in [4.69, 9.17) is 0 Å². The van der Waals surface area contributed by atoms with E-state index in [1.165, 1.54) is 16.6 Å². The van der Waals surface area contributed by atoms with Crippen molar-refractivity contribution in [1.29, 1.82) is 0 Å². The molecule has 0 amide bonds. The number of rotatable bonds is 4. The molecule has 0 radical (unpaired) electrons. The molecule has 0 unspecified atom stereocenters. The Morgan fingerprint density at radius 3 is 2.25 bits per heavy atom. The van der Waals surface area contributed by atoms with Crippen molar-refractivity contribution < 1.29 is 0 Å². The van der Waals surface area contributed by atoms with Crippen LogP contribution in [0.2, 0.25) is 6.82 Å². The topological polar surface area (TPSA) is 0 Å². The smallest absolute Gasteiger partial charge is 0.0877 e. The number of benzene rings is 1. The fourth-order valence-electron chi connectivity index (χ4n) is 1.56. The van der Waals surface area contributed by atoms with Crippen LogP contribution in [0.5, 0.6) is 0 Å². The van der Waals surface area contributed by atoms with Gasteiger partial charge in [0.15, 0.2) is 7.28 Å². The molecule has 0 saturated carbocycles. The highest BCUT2D eigenvalue weighted by atomic mass is 14.0. The summed E-state index contributed by atoms with van der Waals surface area (Å²) in [6.07, 6.45) is 10.4. The molecule has 1 aromatic carbocycles. The lowest BCUT2D eigenvalue weighted by atomic mass is 9.73. The molecule has 0 aliphatic heterocycles. The quantitative estimate of drug-likeness (QED) is 0.528. The van der Waals surface area contributed by atoms with Crippen LogP contribution < -0.4 is 5.46 Å². The van der Waals surface area contributed by atoms with E-state index >= 15 is 0 Å². The second-order valence-corrected chi connectivity index (χ2v) is 3.68. The van der Waals surface area contributed by atoms with Crippen molar-refractivity contribution >= 4 is 18.3 Å². The standard InChI is InChI=1S/C15H19B/c1-4-6-7-8-13(5-2)14-9-11-15(16-3)12-10-14/h4-12,16H,1-3H3/b6-4-,8-7-,13-5+. The molecule has 1 aromatic rings. The van der Waals surface area contributed by atoms with Gasteiger partial charge in [-0.2, -0.15) is 0 Å². The van der Waals surface area contributed by atoms with Gasteiger partial charge in [0, 0.05) is 0 Å². The largest absolute Gasteiger partial charge is 0.154 e. The molecular formula is C15H19B. The summed E-state index contributed by atoms with van der Waals surface area (Å²) in [5.41, 5.74) is 3.93. The molecule has 0 fully saturated rings. The summed E-state index contributed by atoms with van der Waals surface area (Å²) < 4.78 is 0. The Hall–Kier alpha value is -1.50. The summed E-state index contributed by atoms with van der Waals surface area (Å²) in [6, 6.07) is 8.77. The predicted octanol–water partition coefficient (Wildman–Crippen LogP) is 3.33. The Labute approximate surface area is 99.6 Å². The van der Waals surface area contributed by atoms with Gasteiger partial charge in [0.05, 0.1) is 0 Å². The maximum atomic E-state index is 2.20. The molecule has 16 heavy (non-hydrogen) atoms. The molecule has 0 aliphatic rings. The van der Waals surface area contributed by atoms with E-state index in [2.05, 4.69) is 56.2 Å². The highest BCUT2D eigenvalue weighted by Crippen LogP contribution is 2.14. The molecular weight excluding hydrogens is 191 g/mol. The van der Waals surface area contributed by atoms with Gasteiger partial charge < -0.3 is 0 Å². The molecule has 0 saturated heterocycles. The molecule has 1 heteroatoms. The first-order chi connectivity index (χ1) is 7.81. The van der Waals surface area contributed by atoms with Gasteiger partial charge >= 0.3 is 0 Å². The van der Waals surface area contributed by atoms with Gasteiger partial charge in [-0.3, -0.25) is 0 Å². The van der Waals surface area contributed by atoms with Gasteiger partial charge in [0.2, 0.25) is 0 Å². The second-order valence-electron chi connectivity index (χ2n) is 3.68. The molecule has 0 heterocycles. The van der Waals surface area contributed by atoms with E-state index in [-0.39, 0.29) is 0 Å². The van der Waals surface area contributed by atoms with E-state index < -0.39 is 0 Å². The average Bonchev–Trinajstić information content (AvgIpc) is 2.35. The third-order valence-electron chi connectivity index (χ3n) is 2.59. The van der Waals surface area contributed by atoms with Gasteiger partial charge in [0.25, 0.3) is 0 Å². The Balaban J connectivity index is 2.88. The van der Waals surface area contributed by atoms with Gasteiger partial charge in [-0.1, -0.05) is 66.9 Å². The Kier molecular flexibility index (Phi) is 5.42. The lowest BCUT2D eigenvalue weighted by molar-refractivity contribution is 1.61. The van der Waals surface area contributed by atoms with E-state index in [0.717, 1.165) is 7.28 Å². The maximum Gasteiger partial charge on any atom is 0.154 e. The first-order valence-corrected chi connectivity index (χ1v) is 5.86. The van der Waals surface area contributed by atoms with Gasteiger partial charge in [-0.25, -0.2) is 0 Å². The Morgan fingerprint density at radius 1 is 1.06 bits per heavy atom. The van der Waals surface area contributed by atoms with E-state index in [1.807, 2.05) is 19.1 Å². The van der Waals surface area contributed by atoms with Crippen LogP contribution in [-0.4, -0.2) is 7.28 Å². The van der Waals surface area contributed by atoms with Gasteiger partial charge in [-0.15, -0.1) is 0 Å². The first-order valence-electron chi connectivity index (χ1n) is 5.86. The molecule has 0 bridgehead atoms. The second kappa shape index (κ2) is 6.89. The lowest BCUT2D eigenvalue weighted by Crippen LogP contribution is -2.08. The molecule has 0 atom stereocenters. The van der Waals surface area contributed by atoms with Crippen LogP contribution in [0.15, 0.2) is 54.6 Å². The third kappa shape index (κ3) is 3.58. The van der Waals surface area contributed by atoms with Crippen LogP contribution in [0.4, 0.5) is 0 Å². The minimum absolute atomic E-state index is 1.10. The van der Waals surface area contributed by atoms with Crippen molar-refractivity contribution in [2.24, 2.45) is 0 Å².